The van der Waals surface area contributed by atoms with E-state index in [2.05, 4.69) is 4.90 Å². The van der Waals surface area contributed by atoms with Crippen LogP contribution in [0.5, 0.6) is 0 Å². The van der Waals surface area contributed by atoms with Gasteiger partial charge in [0.1, 0.15) is 11.6 Å². The third kappa shape index (κ3) is 3.25. The Bertz CT molecular complexity index is 491. The van der Waals surface area contributed by atoms with Crippen LogP contribution in [0, 0.1) is 23.5 Å². The summed E-state index contributed by atoms with van der Waals surface area (Å²) in [5, 5.41) is 9.90. The lowest BCUT2D eigenvalue weighted by Gasteiger charge is -2.20. The van der Waals surface area contributed by atoms with Gasteiger partial charge in [0.2, 0.25) is 0 Å². The highest BCUT2D eigenvalue weighted by Gasteiger charge is 2.41. The Labute approximate surface area is 123 Å². The molecule has 0 amide bonds. The molecule has 1 heterocycles. The molecule has 1 saturated heterocycles. The molecule has 1 aliphatic heterocycles. The molecule has 2 fully saturated rings. The number of fused-ring (bicyclic) bond motifs is 1. The normalized spacial score (nSPS) is 30.6. The Morgan fingerprint density at radius 3 is 2.57 bits per heavy atom. The number of halogens is 2. The summed E-state index contributed by atoms with van der Waals surface area (Å²) in [7, 11) is 0. The minimum absolute atomic E-state index is 0.161. The van der Waals surface area contributed by atoms with E-state index < -0.39 is 11.6 Å². The summed E-state index contributed by atoms with van der Waals surface area (Å²) in [6.07, 6.45) is 2.53. The van der Waals surface area contributed by atoms with Gasteiger partial charge in [-0.15, -0.1) is 0 Å². The minimum atomic E-state index is -0.584. The number of benzene rings is 1. The predicted octanol–water partition coefficient (Wildman–Crippen LogP) is 2.06. The van der Waals surface area contributed by atoms with Crippen molar-refractivity contribution in [2.45, 2.75) is 31.4 Å². The van der Waals surface area contributed by atoms with E-state index >= 15 is 0 Å². The van der Waals surface area contributed by atoms with Gasteiger partial charge in [-0.25, -0.2) is 8.78 Å². The number of rotatable bonds is 4. The summed E-state index contributed by atoms with van der Waals surface area (Å²) >= 11 is 0. The maximum Gasteiger partial charge on any atom is 0.126 e. The smallest absolute Gasteiger partial charge is 0.126 e. The number of hydrogen-bond donors (Lipinski definition) is 2. The summed E-state index contributed by atoms with van der Waals surface area (Å²) in [4.78, 5) is 2.31. The monoisotopic (exact) mass is 296 g/mol. The van der Waals surface area contributed by atoms with Crippen molar-refractivity contribution in [1.29, 1.82) is 0 Å². The van der Waals surface area contributed by atoms with Crippen LogP contribution in [0.4, 0.5) is 8.78 Å². The van der Waals surface area contributed by atoms with Crippen molar-refractivity contribution in [2.75, 3.05) is 19.6 Å². The van der Waals surface area contributed by atoms with Gasteiger partial charge < -0.3 is 15.7 Å². The van der Waals surface area contributed by atoms with Gasteiger partial charge in [-0.2, -0.15) is 0 Å². The fraction of sp³-hybridized carbons (Fsp3) is 0.625. The van der Waals surface area contributed by atoms with Crippen LogP contribution in [0.2, 0.25) is 0 Å². The van der Waals surface area contributed by atoms with Gasteiger partial charge in [0.05, 0.1) is 6.10 Å². The molecule has 4 atom stereocenters. The average molecular weight is 296 g/mol. The van der Waals surface area contributed by atoms with Crippen LogP contribution in [0.15, 0.2) is 18.2 Å². The molecular weight excluding hydrogens is 274 g/mol. The molecule has 3 nitrogen and oxygen atoms in total. The van der Waals surface area contributed by atoms with Crippen molar-refractivity contribution >= 4 is 0 Å². The van der Waals surface area contributed by atoms with Crippen LogP contribution < -0.4 is 5.73 Å². The quantitative estimate of drug-likeness (QED) is 0.894. The van der Waals surface area contributed by atoms with Crippen LogP contribution in [0.3, 0.4) is 0 Å². The van der Waals surface area contributed by atoms with Gasteiger partial charge in [0.25, 0.3) is 0 Å². The van der Waals surface area contributed by atoms with E-state index in [1.807, 2.05) is 0 Å². The van der Waals surface area contributed by atoms with Gasteiger partial charge in [0.15, 0.2) is 0 Å². The molecule has 21 heavy (non-hydrogen) atoms. The molecular formula is C16H22F2N2O. The highest BCUT2D eigenvalue weighted by atomic mass is 19.1. The first-order valence-corrected chi connectivity index (χ1v) is 7.65. The van der Waals surface area contributed by atoms with Gasteiger partial charge in [0, 0.05) is 31.1 Å². The maximum atomic E-state index is 13.2. The van der Waals surface area contributed by atoms with Crippen molar-refractivity contribution in [3.63, 3.8) is 0 Å². The van der Waals surface area contributed by atoms with Crippen LogP contribution in [-0.4, -0.2) is 35.7 Å². The first-order valence-electron chi connectivity index (χ1n) is 7.65. The predicted molar refractivity (Wildman–Crippen MR) is 76.6 cm³/mol. The van der Waals surface area contributed by atoms with Gasteiger partial charge in [-0.3, -0.25) is 0 Å². The average Bonchev–Trinajstić information content (AvgIpc) is 2.97. The molecule has 1 aromatic carbocycles. The number of hydrogen-bond acceptors (Lipinski definition) is 3. The third-order valence-electron chi connectivity index (χ3n) is 4.96. The number of aliphatic hydroxyl groups is 1. The maximum absolute atomic E-state index is 13.2. The number of nitrogens with two attached hydrogens (primary N) is 1. The Morgan fingerprint density at radius 1 is 1.19 bits per heavy atom. The van der Waals surface area contributed by atoms with E-state index in [-0.39, 0.29) is 12.1 Å². The highest BCUT2D eigenvalue weighted by molar-refractivity contribution is 5.21. The lowest BCUT2D eigenvalue weighted by Crippen LogP contribution is -2.28. The lowest BCUT2D eigenvalue weighted by atomic mass is 10.00. The summed E-state index contributed by atoms with van der Waals surface area (Å²) in [5.41, 5.74) is 6.55. The zero-order valence-corrected chi connectivity index (χ0v) is 12.0. The molecule has 2 aliphatic rings. The molecule has 116 valence electrons. The largest absolute Gasteiger partial charge is 0.393 e. The van der Waals surface area contributed by atoms with Crippen molar-refractivity contribution in [3.05, 3.63) is 35.4 Å². The van der Waals surface area contributed by atoms with E-state index in [1.165, 1.54) is 12.1 Å². The molecule has 0 radical (unpaired) electrons. The zero-order chi connectivity index (χ0) is 15.0. The SMILES string of the molecule is NC(CCN1CC2CCC(O)C2C1)c1cc(F)cc(F)c1. The molecule has 5 heteroatoms. The first-order chi connectivity index (χ1) is 10.0. The fourth-order valence-corrected chi connectivity index (χ4v) is 3.79. The van der Waals surface area contributed by atoms with E-state index in [0.29, 0.717) is 23.8 Å². The van der Waals surface area contributed by atoms with Gasteiger partial charge >= 0.3 is 0 Å². The standard InChI is InChI=1S/C16H22F2N2O/c17-12-5-11(6-13(18)7-12)15(19)3-4-20-8-10-1-2-16(21)14(10)9-20/h5-7,10,14-16,21H,1-4,8-9,19H2. The first kappa shape index (κ1) is 14.9. The van der Waals surface area contributed by atoms with Crippen LogP contribution in [0.25, 0.3) is 0 Å². The lowest BCUT2D eigenvalue weighted by molar-refractivity contribution is 0.124. The van der Waals surface area contributed by atoms with E-state index in [0.717, 1.165) is 38.5 Å². The topological polar surface area (TPSA) is 49.5 Å². The Balaban J connectivity index is 1.53. The summed E-state index contributed by atoms with van der Waals surface area (Å²) in [6, 6.07) is 3.10. The zero-order valence-electron chi connectivity index (χ0n) is 12.0. The molecule has 1 aliphatic carbocycles. The van der Waals surface area contributed by atoms with Crippen LogP contribution in [0.1, 0.15) is 30.9 Å². The molecule has 3 N–H and O–H groups in total. The third-order valence-corrected chi connectivity index (χ3v) is 4.96. The molecule has 4 unspecified atom stereocenters. The van der Waals surface area contributed by atoms with E-state index in [1.54, 1.807) is 0 Å². The van der Waals surface area contributed by atoms with Gasteiger partial charge in [-0.05, 0) is 49.4 Å². The Kier molecular flexibility index (Phi) is 4.24. The molecule has 1 saturated carbocycles. The fourth-order valence-electron chi connectivity index (χ4n) is 3.79. The molecule has 1 aromatic rings. The highest BCUT2D eigenvalue weighted by Crippen LogP contribution is 2.38. The second-order valence-corrected chi connectivity index (χ2v) is 6.43. The van der Waals surface area contributed by atoms with E-state index in [4.69, 9.17) is 5.73 Å². The van der Waals surface area contributed by atoms with Crippen molar-refractivity contribution < 1.29 is 13.9 Å². The van der Waals surface area contributed by atoms with Crippen molar-refractivity contribution in [3.8, 4) is 0 Å². The molecule has 0 bridgehead atoms. The number of nitrogens with zero attached hydrogens (tertiary/aromatic N) is 1. The molecule has 0 aromatic heterocycles. The second-order valence-electron chi connectivity index (χ2n) is 6.43. The summed E-state index contributed by atoms with van der Waals surface area (Å²) in [6.45, 7) is 2.72. The minimum Gasteiger partial charge on any atom is -0.393 e. The molecule has 3 rings (SSSR count). The van der Waals surface area contributed by atoms with Crippen molar-refractivity contribution in [2.24, 2.45) is 17.6 Å². The summed E-state index contributed by atoms with van der Waals surface area (Å²) < 4.78 is 26.4. The molecule has 0 spiro atoms. The van der Waals surface area contributed by atoms with Crippen molar-refractivity contribution in [1.82, 2.24) is 4.90 Å². The summed E-state index contributed by atoms with van der Waals surface area (Å²) in [5.74, 6) is -0.172. The van der Waals surface area contributed by atoms with E-state index in [9.17, 15) is 13.9 Å². The van der Waals surface area contributed by atoms with Crippen LogP contribution in [-0.2, 0) is 0 Å². The van der Waals surface area contributed by atoms with Gasteiger partial charge in [-0.1, -0.05) is 0 Å². The Hall–Kier alpha value is -1.04. The Morgan fingerprint density at radius 2 is 1.90 bits per heavy atom. The number of likely N-dealkylation sites (tertiary alicyclic amines) is 1. The van der Waals surface area contributed by atoms with Crippen LogP contribution >= 0.6 is 0 Å². The second kappa shape index (κ2) is 5.99. The number of aliphatic hydroxyl groups excluding tert-OH is 1.